The number of para-hydroxylation sites is 1. The first kappa shape index (κ1) is 15.2. The smallest absolute Gasteiger partial charge is 0.323 e. The molecular formula is C14H18N4O2S. The van der Waals surface area contributed by atoms with Crippen LogP contribution < -0.4 is 10.1 Å². The summed E-state index contributed by atoms with van der Waals surface area (Å²) in [6.45, 7) is 4.75. The number of carbonyl (C=O) groups excluding carboxylic acids is 1. The van der Waals surface area contributed by atoms with Crippen molar-refractivity contribution in [1.82, 2.24) is 15.1 Å². The van der Waals surface area contributed by atoms with E-state index in [2.05, 4.69) is 15.5 Å². The fourth-order valence-electron chi connectivity index (χ4n) is 1.65. The van der Waals surface area contributed by atoms with Crippen molar-refractivity contribution in [2.75, 3.05) is 25.5 Å². The molecule has 0 aliphatic carbocycles. The molecule has 0 bridgehead atoms. The number of aryl methyl sites for hydroxylation is 2. The molecule has 0 unspecified atom stereocenters. The zero-order valence-corrected chi connectivity index (χ0v) is 13.1. The highest BCUT2D eigenvalue weighted by atomic mass is 32.1. The van der Waals surface area contributed by atoms with E-state index in [0.29, 0.717) is 18.3 Å². The SMILES string of the molecule is Cc1nnc(NC(=O)N(C)CCOc2ccccc2C)s1. The lowest BCUT2D eigenvalue weighted by atomic mass is 10.2. The normalized spacial score (nSPS) is 10.2. The second-order valence-electron chi connectivity index (χ2n) is 4.59. The van der Waals surface area contributed by atoms with Gasteiger partial charge in [0.15, 0.2) is 0 Å². The fourth-order valence-corrected chi connectivity index (χ4v) is 2.23. The predicted octanol–water partition coefficient (Wildman–Crippen LogP) is 2.70. The number of nitrogens with one attached hydrogen (secondary N) is 1. The lowest BCUT2D eigenvalue weighted by Crippen LogP contribution is -2.34. The van der Waals surface area contributed by atoms with E-state index < -0.39 is 0 Å². The zero-order valence-electron chi connectivity index (χ0n) is 12.3. The standard InChI is InChI=1S/C14H18N4O2S/c1-10-6-4-5-7-12(10)20-9-8-18(3)14(19)15-13-17-16-11(2)21-13/h4-7H,8-9H2,1-3H3,(H,15,17,19). The highest BCUT2D eigenvalue weighted by Crippen LogP contribution is 2.16. The summed E-state index contributed by atoms with van der Waals surface area (Å²) in [5.41, 5.74) is 1.08. The Morgan fingerprint density at radius 2 is 2.10 bits per heavy atom. The Balaban J connectivity index is 1.77. The minimum absolute atomic E-state index is 0.223. The second kappa shape index (κ2) is 7.03. The number of hydrogen-bond donors (Lipinski definition) is 1. The molecule has 2 rings (SSSR count). The van der Waals surface area contributed by atoms with Gasteiger partial charge in [-0.3, -0.25) is 5.32 Å². The van der Waals surface area contributed by atoms with Crippen LogP contribution in [-0.2, 0) is 0 Å². The molecule has 1 heterocycles. The van der Waals surface area contributed by atoms with Crippen molar-refractivity contribution < 1.29 is 9.53 Å². The maximum Gasteiger partial charge on any atom is 0.323 e. The number of urea groups is 1. The first-order valence-corrected chi connectivity index (χ1v) is 7.38. The van der Waals surface area contributed by atoms with Gasteiger partial charge in [0.05, 0.1) is 6.54 Å². The Hall–Kier alpha value is -2.15. The Kier molecular flexibility index (Phi) is 5.10. The van der Waals surface area contributed by atoms with Gasteiger partial charge in [-0.15, -0.1) is 10.2 Å². The molecule has 0 aliphatic rings. The molecule has 7 heteroatoms. The number of carbonyl (C=O) groups is 1. The average molecular weight is 306 g/mol. The number of ether oxygens (including phenoxy) is 1. The molecule has 21 heavy (non-hydrogen) atoms. The van der Waals surface area contributed by atoms with E-state index in [4.69, 9.17) is 4.74 Å². The van der Waals surface area contributed by atoms with Gasteiger partial charge in [-0.25, -0.2) is 4.79 Å². The largest absolute Gasteiger partial charge is 0.491 e. The number of likely N-dealkylation sites (N-methyl/N-ethyl adjacent to an activating group) is 1. The number of anilines is 1. The third-order valence-electron chi connectivity index (χ3n) is 2.86. The van der Waals surface area contributed by atoms with E-state index in [-0.39, 0.29) is 6.03 Å². The maximum atomic E-state index is 11.9. The minimum atomic E-state index is -0.223. The van der Waals surface area contributed by atoms with Crippen molar-refractivity contribution in [1.29, 1.82) is 0 Å². The van der Waals surface area contributed by atoms with E-state index in [9.17, 15) is 4.79 Å². The topological polar surface area (TPSA) is 67.4 Å². The maximum absolute atomic E-state index is 11.9. The van der Waals surface area contributed by atoms with Crippen LogP contribution in [0.3, 0.4) is 0 Å². The van der Waals surface area contributed by atoms with Crippen molar-refractivity contribution in [3.8, 4) is 5.75 Å². The van der Waals surface area contributed by atoms with Gasteiger partial charge >= 0.3 is 6.03 Å². The summed E-state index contributed by atoms with van der Waals surface area (Å²) < 4.78 is 5.66. The van der Waals surface area contributed by atoms with Gasteiger partial charge < -0.3 is 9.64 Å². The molecule has 6 nitrogen and oxygen atoms in total. The molecular weight excluding hydrogens is 288 g/mol. The van der Waals surface area contributed by atoms with E-state index in [1.54, 1.807) is 11.9 Å². The van der Waals surface area contributed by atoms with E-state index in [1.807, 2.05) is 38.1 Å². The van der Waals surface area contributed by atoms with Crippen molar-refractivity contribution in [3.63, 3.8) is 0 Å². The molecule has 0 atom stereocenters. The lowest BCUT2D eigenvalue weighted by Gasteiger charge is -2.17. The second-order valence-corrected chi connectivity index (χ2v) is 5.77. The number of benzene rings is 1. The summed E-state index contributed by atoms with van der Waals surface area (Å²) in [4.78, 5) is 13.5. The summed E-state index contributed by atoms with van der Waals surface area (Å²) >= 11 is 1.34. The summed E-state index contributed by atoms with van der Waals surface area (Å²) in [7, 11) is 1.71. The quantitative estimate of drug-likeness (QED) is 0.922. The highest BCUT2D eigenvalue weighted by Gasteiger charge is 2.11. The van der Waals surface area contributed by atoms with Crippen LogP contribution in [0.4, 0.5) is 9.93 Å². The van der Waals surface area contributed by atoms with Crippen molar-refractivity contribution in [2.45, 2.75) is 13.8 Å². The molecule has 1 N–H and O–H groups in total. The fraction of sp³-hybridized carbons (Fsp3) is 0.357. The van der Waals surface area contributed by atoms with Crippen molar-refractivity contribution in [3.05, 3.63) is 34.8 Å². The molecule has 0 aliphatic heterocycles. The van der Waals surface area contributed by atoms with Crippen molar-refractivity contribution in [2.24, 2.45) is 0 Å². The summed E-state index contributed by atoms with van der Waals surface area (Å²) in [5.74, 6) is 0.839. The Morgan fingerprint density at radius 1 is 1.33 bits per heavy atom. The molecule has 0 saturated carbocycles. The van der Waals surface area contributed by atoms with Gasteiger partial charge in [0.1, 0.15) is 17.4 Å². The molecule has 2 aromatic rings. The molecule has 0 radical (unpaired) electrons. The number of hydrogen-bond acceptors (Lipinski definition) is 5. The number of nitrogens with zero attached hydrogens (tertiary/aromatic N) is 3. The van der Waals surface area contributed by atoms with Gasteiger partial charge in [-0.2, -0.15) is 0 Å². The minimum Gasteiger partial charge on any atom is -0.491 e. The third kappa shape index (κ3) is 4.42. The van der Waals surface area contributed by atoms with Gasteiger partial charge in [0.25, 0.3) is 0 Å². The molecule has 112 valence electrons. The molecule has 2 amide bonds. The predicted molar refractivity (Wildman–Crippen MR) is 83.0 cm³/mol. The Morgan fingerprint density at radius 3 is 2.76 bits per heavy atom. The third-order valence-corrected chi connectivity index (χ3v) is 3.62. The first-order chi connectivity index (χ1) is 10.1. The Labute approximate surface area is 127 Å². The van der Waals surface area contributed by atoms with Crippen LogP contribution in [0, 0.1) is 13.8 Å². The van der Waals surface area contributed by atoms with Crippen LogP contribution in [-0.4, -0.2) is 41.3 Å². The number of aromatic nitrogens is 2. The first-order valence-electron chi connectivity index (χ1n) is 6.57. The van der Waals surface area contributed by atoms with E-state index >= 15 is 0 Å². The van der Waals surface area contributed by atoms with Gasteiger partial charge in [-0.05, 0) is 25.5 Å². The number of amides is 2. The van der Waals surface area contributed by atoms with Crippen LogP contribution in [0.5, 0.6) is 5.75 Å². The van der Waals surface area contributed by atoms with Crippen LogP contribution in [0.1, 0.15) is 10.6 Å². The monoisotopic (exact) mass is 306 g/mol. The summed E-state index contributed by atoms with van der Waals surface area (Å²) in [6, 6.07) is 7.57. The van der Waals surface area contributed by atoms with Gasteiger partial charge in [0.2, 0.25) is 5.13 Å². The molecule has 1 aromatic heterocycles. The van der Waals surface area contributed by atoms with Crippen LogP contribution in [0.25, 0.3) is 0 Å². The summed E-state index contributed by atoms with van der Waals surface area (Å²) in [6.07, 6.45) is 0. The lowest BCUT2D eigenvalue weighted by molar-refractivity contribution is 0.207. The van der Waals surface area contributed by atoms with E-state index in [0.717, 1.165) is 16.3 Å². The zero-order chi connectivity index (χ0) is 15.2. The van der Waals surface area contributed by atoms with Crippen LogP contribution in [0.15, 0.2) is 24.3 Å². The van der Waals surface area contributed by atoms with Crippen LogP contribution in [0.2, 0.25) is 0 Å². The molecule has 0 saturated heterocycles. The van der Waals surface area contributed by atoms with Crippen molar-refractivity contribution >= 4 is 22.5 Å². The Bertz CT molecular complexity index is 615. The number of rotatable bonds is 5. The highest BCUT2D eigenvalue weighted by molar-refractivity contribution is 7.15. The molecule has 0 spiro atoms. The van der Waals surface area contributed by atoms with Crippen LogP contribution >= 0.6 is 11.3 Å². The van der Waals surface area contributed by atoms with Gasteiger partial charge in [0, 0.05) is 7.05 Å². The molecule has 1 aromatic carbocycles. The molecule has 0 fully saturated rings. The average Bonchev–Trinajstić information content (AvgIpc) is 2.86. The van der Waals surface area contributed by atoms with Gasteiger partial charge in [-0.1, -0.05) is 29.5 Å². The van der Waals surface area contributed by atoms with E-state index in [1.165, 1.54) is 11.3 Å². The summed E-state index contributed by atoms with van der Waals surface area (Å²) in [5, 5.41) is 11.7.